The van der Waals surface area contributed by atoms with Crippen LogP contribution in [0.4, 0.5) is 5.69 Å². The fraction of sp³-hybridized carbons (Fsp3) is 0.391. The van der Waals surface area contributed by atoms with Gasteiger partial charge in [-0.25, -0.2) is 8.42 Å². The summed E-state index contributed by atoms with van der Waals surface area (Å²) in [7, 11) is -2.02. The number of hydrogen-bond acceptors (Lipinski definition) is 4. The molecule has 0 aromatic heterocycles. The van der Waals surface area contributed by atoms with Gasteiger partial charge in [0.15, 0.2) is 0 Å². The van der Waals surface area contributed by atoms with Crippen molar-refractivity contribution in [2.45, 2.75) is 39.3 Å². The first kappa shape index (κ1) is 25.7. The number of carbonyl (C=O) groups is 2. The Morgan fingerprint density at radius 1 is 1.12 bits per heavy atom. The van der Waals surface area contributed by atoms with Gasteiger partial charge in [0.25, 0.3) is 0 Å². The average Bonchev–Trinajstić information content (AvgIpc) is 2.74. The number of halogens is 1. The van der Waals surface area contributed by atoms with Crippen LogP contribution < -0.4 is 9.62 Å². The number of benzene rings is 2. The molecule has 2 amide bonds. The second-order valence-electron chi connectivity index (χ2n) is 7.66. The highest BCUT2D eigenvalue weighted by Crippen LogP contribution is 2.23. The van der Waals surface area contributed by atoms with Gasteiger partial charge in [-0.15, -0.1) is 0 Å². The minimum atomic E-state index is -3.56. The molecule has 2 aromatic rings. The third-order valence-corrected chi connectivity index (χ3v) is 6.69. The van der Waals surface area contributed by atoms with E-state index in [-0.39, 0.29) is 24.8 Å². The molecule has 0 aliphatic rings. The molecular formula is C23H30ClN3O4S. The van der Waals surface area contributed by atoms with Crippen molar-refractivity contribution in [3.63, 3.8) is 0 Å². The normalized spacial score (nSPS) is 12.2. The maximum Gasteiger partial charge on any atom is 0.242 e. The maximum atomic E-state index is 13.1. The van der Waals surface area contributed by atoms with Crippen LogP contribution in [0, 0.1) is 6.92 Å². The SMILES string of the molecule is CNC(=O)[C@H](C)N(Cc1ccccc1C)C(=O)CCCN(c1cccc(Cl)c1)S(C)(=O)=O. The molecule has 32 heavy (non-hydrogen) atoms. The van der Waals surface area contributed by atoms with Gasteiger partial charge in [0.1, 0.15) is 6.04 Å². The highest BCUT2D eigenvalue weighted by molar-refractivity contribution is 7.92. The van der Waals surface area contributed by atoms with E-state index in [0.717, 1.165) is 17.4 Å². The summed E-state index contributed by atoms with van der Waals surface area (Å²) in [6.07, 6.45) is 1.51. The van der Waals surface area contributed by atoms with Crippen LogP contribution in [-0.2, 0) is 26.2 Å². The molecule has 174 valence electrons. The summed E-state index contributed by atoms with van der Waals surface area (Å²) in [6.45, 7) is 4.06. The van der Waals surface area contributed by atoms with Crippen molar-refractivity contribution < 1.29 is 18.0 Å². The molecule has 0 aliphatic heterocycles. The van der Waals surface area contributed by atoms with Gasteiger partial charge in [0.05, 0.1) is 11.9 Å². The molecule has 1 atom stereocenters. The molecule has 2 aromatic carbocycles. The van der Waals surface area contributed by atoms with Gasteiger partial charge >= 0.3 is 0 Å². The van der Waals surface area contributed by atoms with Gasteiger partial charge in [0, 0.05) is 31.6 Å². The number of anilines is 1. The second kappa shape index (κ2) is 11.3. The van der Waals surface area contributed by atoms with Crippen molar-refractivity contribution in [2.75, 3.05) is 24.2 Å². The van der Waals surface area contributed by atoms with Gasteiger partial charge in [0.2, 0.25) is 21.8 Å². The van der Waals surface area contributed by atoms with Gasteiger partial charge in [-0.1, -0.05) is 41.9 Å². The fourth-order valence-electron chi connectivity index (χ4n) is 3.40. The summed E-state index contributed by atoms with van der Waals surface area (Å²) >= 11 is 6.01. The molecule has 0 bridgehead atoms. The van der Waals surface area contributed by atoms with Crippen LogP contribution in [-0.4, -0.2) is 51.0 Å². The third kappa shape index (κ3) is 6.97. The Bertz CT molecular complexity index is 1060. The number of likely N-dealkylation sites (N-methyl/N-ethyl adjacent to an activating group) is 1. The molecule has 2 rings (SSSR count). The predicted octanol–water partition coefficient (Wildman–Crippen LogP) is 3.36. The summed E-state index contributed by atoms with van der Waals surface area (Å²) in [5.41, 5.74) is 2.43. The number of nitrogens with zero attached hydrogens (tertiary/aromatic N) is 2. The van der Waals surface area contributed by atoms with Gasteiger partial charge < -0.3 is 10.2 Å². The zero-order chi connectivity index (χ0) is 23.9. The Balaban J connectivity index is 2.15. The van der Waals surface area contributed by atoms with Crippen LogP contribution in [0.1, 0.15) is 30.9 Å². The quantitative estimate of drug-likeness (QED) is 0.566. The lowest BCUT2D eigenvalue weighted by Crippen LogP contribution is -2.47. The van der Waals surface area contributed by atoms with Crippen molar-refractivity contribution in [2.24, 2.45) is 0 Å². The van der Waals surface area contributed by atoms with Crippen LogP contribution >= 0.6 is 11.6 Å². The van der Waals surface area contributed by atoms with E-state index in [9.17, 15) is 18.0 Å². The first-order valence-corrected chi connectivity index (χ1v) is 12.6. The highest BCUT2D eigenvalue weighted by atomic mass is 35.5. The minimum Gasteiger partial charge on any atom is -0.357 e. The Hall–Kier alpha value is -2.58. The van der Waals surface area contributed by atoms with E-state index in [1.807, 2.05) is 31.2 Å². The summed E-state index contributed by atoms with van der Waals surface area (Å²) in [4.78, 5) is 26.9. The summed E-state index contributed by atoms with van der Waals surface area (Å²) in [5.74, 6) is -0.479. The Kier molecular flexibility index (Phi) is 9.09. The number of aryl methyl sites for hydroxylation is 1. The maximum absolute atomic E-state index is 13.1. The number of nitrogens with one attached hydrogen (secondary N) is 1. The highest BCUT2D eigenvalue weighted by Gasteiger charge is 2.26. The summed E-state index contributed by atoms with van der Waals surface area (Å²) in [6, 6.07) is 13.6. The van der Waals surface area contributed by atoms with E-state index in [1.54, 1.807) is 31.2 Å². The van der Waals surface area contributed by atoms with Gasteiger partial charge in [-0.3, -0.25) is 13.9 Å². The molecular weight excluding hydrogens is 450 g/mol. The number of sulfonamides is 1. The fourth-order valence-corrected chi connectivity index (χ4v) is 4.54. The first-order valence-electron chi connectivity index (χ1n) is 10.3. The van der Waals surface area contributed by atoms with Crippen molar-refractivity contribution in [1.82, 2.24) is 10.2 Å². The smallest absolute Gasteiger partial charge is 0.242 e. The number of rotatable bonds is 10. The molecule has 0 spiro atoms. The largest absolute Gasteiger partial charge is 0.357 e. The molecule has 1 N–H and O–H groups in total. The lowest BCUT2D eigenvalue weighted by Gasteiger charge is -2.29. The topological polar surface area (TPSA) is 86.8 Å². The first-order chi connectivity index (χ1) is 15.0. The Morgan fingerprint density at radius 3 is 2.41 bits per heavy atom. The van der Waals surface area contributed by atoms with Crippen LogP contribution in [0.25, 0.3) is 0 Å². The zero-order valence-corrected chi connectivity index (χ0v) is 20.4. The van der Waals surface area contributed by atoms with Crippen molar-refractivity contribution in [3.05, 3.63) is 64.7 Å². The summed E-state index contributed by atoms with van der Waals surface area (Å²) < 4.78 is 25.8. The second-order valence-corrected chi connectivity index (χ2v) is 10.0. The Labute approximate surface area is 195 Å². The molecule has 0 saturated carbocycles. The van der Waals surface area contributed by atoms with Crippen molar-refractivity contribution in [1.29, 1.82) is 0 Å². The monoisotopic (exact) mass is 479 g/mol. The van der Waals surface area contributed by atoms with Crippen molar-refractivity contribution in [3.8, 4) is 0 Å². The molecule has 7 nitrogen and oxygen atoms in total. The third-order valence-electron chi connectivity index (χ3n) is 5.26. The molecule has 0 aliphatic carbocycles. The van der Waals surface area contributed by atoms with E-state index in [2.05, 4.69) is 5.32 Å². The number of hydrogen-bond donors (Lipinski definition) is 1. The number of amides is 2. The van der Waals surface area contributed by atoms with E-state index in [1.165, 1.54) is 16.3 Å². The molecule has 0 fully saturated rings. The van der Waals surface area contributed by atoms with Gasteiger partial charge in [-0.05, 0) is 49.6 Å². The van der Waals surface area contributed by atoms with E-state index < -0.39 is 16.1 Å². The van der Waals surface area contributed by atoms with Crippen molar-refractivity contribution >= 4 is 39.1 Å². The van der Waals surface area contributed by atoms with Crippen LogP contribution in [0.3, 0.4) is 0 Å². The average molecular weight is 480 g/mol. The van der Waals surface area contributed by atoms with Crippen LogP contribution in [0.15, 0.2) is 48.5 Å². The van der Waals surface area contributed by atoms with Crippen LogP contribution in [0.2, 0.25) is 5.02 Å². The van der Waals surface area contributed by atoms with E-state index in [0.29, 0.717) is 23.7 Å². The van der Waals surface area contributed by atoms with Gasteiger partial charge in [-0.2, -0.15) is 0 Å². The predicted molar refractivity (Wildman–Crippen MR) is 128 cm³/mol. The molecule has 0 unspecified atom stereocenters. The minimum absolute atomic E-state index is 0.0970. The standard InChI is InChI=1S/C23H30ClN3O4S/c1-17-9-5-6-10-19(17)16-26(18(2)23(29)25-3)22(28)13-8-14-27(32(4,30)31)21-12-7-11-20(24)15-21/h5-7,9-12,15,18H,8,13-14,16H2,1-4H3,(H,25,29)/t18-/m0/s1. The molecule has 0 heterocycles. The molecule has 0 radical (unpaired) electrons. The Morgan fingerprint density at radius 2 is 1.81 bits per heavy atom. The van der Waals surface area contributed by atoms with E-state index >= 15 is 0 Å². The molecule has 9 heteroatoms. The zero-order valence-electron chi connectivity index (χ0n) is 18.8. The lowest BCUT2D eigenvalue weighted by molar-refractivity contribution is -0.140. The van der Waals surface area contributed by atoms with E-state index in [4.69, 9.17) is 11.6 Å². The lowest BCUT2D eigenvalue weighted by atomic mass is 10.1. The van der Waals surface area contributed by atoms with Crippen LogP contribution in [0.5, 0.6) is 0 Å². The number of carbonyl (C=O) groups excluding carboxylic acids is 2. The molecule has 0 saturated heterocycles. The summed E-state index contributed by atoms with van der Waals surface area (Å²) in [5, 5.41) is 3.02.